The van der Waals surface area contributed by atoms with Crippen LogP contribution in [-0.2, 0) is 9.59 Å². The van der Waals surface area contributed by atoms with Gasteiger partial charge in [-0.25, -0.2) is 8.78 Å². The number of nitrogens with zero attached hydrogens (tertiary/aromatic N) is 4. The molecule has 4 aromatic rings. The number of carbonyl (C=O) groups excluding carboxylic acids is 4. The van der Waals surface area contributed by atoms with Crippen molar-refractivity contribution in [2.45, 2.75) is 45.1 Å². The molecule has 0 aromatic heterocycles. The number of hydrogen-bond donors (Lipinski definition) is 1. The molecule has 0 bridgehead atoms. The normalized spacial score (nSPS) is 25.2. The van der Waals surface area contributed by atoms with Gasteiger partial charge in [0.1, 0.15) is 29.9 Å². The van der Waals surface area contributed by atoms with Crippen molar-refractivity contribution in [2.75, 3.05) is 63.7 Å². The predicted octanol–water partition coefficient (Wildman–Crippen LogP) is 6.65. The molecule has 1 atom stereocenters. The number of ether oxygens (including phenoxy) is 1. The number of piperazine rings is 1. The van der Waals surface area contributed by atoms with Crippen molar-refractivity contribution in [3.8, 4) is 5.75 Å². The number of rotatable bonds is 12. The number of amides is 4. The predicted molar refractivity (Wildman–Crippen MR) is 222 cm³/mol. The zero-order valence-corrected chi connectivity index (χ0v) is 32.5. The molecule has 1 unspecified atom stereocenters. The van der Waals surface area contributed by atoms with Crippen molar-refractivity contribution in [1.29, 1.82) is 0 Å². The van der Waals surface area contributed by atoms with Crippen LogP contribution in [0.2, 0.25) is 0 Å². The molecule has 4 amide bonds. The van der Waals surface area contributed by atoms with Crippen LogP contribution >= 0.6 is 0 Å². The summed E-state index contributed by atoms with van der Waals surface area (Å²) in [5.41, 5.74) is 2.06. The number of allylic oxidation sites excluding steroid dienone is 1. The first-order valence-corrected chi connectivity index (χ1v) is 19.8. The van der Waals surface area contributed by atoms with E-state index in [0.717, 1.165) is 28.7 Å². The van der Waals surface area contributed by atoms with E-state index < -0.39 is 96.6 Å². The molecule has 0 aliphatic carbocycles. The maximum atomic E-state index is 16.6. The highest BCUT2D eigenvalue weighted by atomic mass is 19.1. The van der Waals surface area contributed by atoms with Gasteiger partial charge in [-0.2, -0.15) is 0 Å². The molecule has 0 saturated carbocycles. The largest absolute Gasteiger partial charge is 0.492 e. The Morgan fingerprint density at radius 2 is 1.44 bits per heavy atom. The zero-order chi connectivity index (χ0) is 48.2. The van der Waals surface area contributed by atoms with Gasteiger partial charge in [0, 0.05) is 51.0 Å². The Morgan fingerprint density at radius 3 is 2.08 bits per heavy atom. The third kappa shape index (κ3) is 8.42. The Morgan fingerprint density at radius 1 is 0.797 bits per heavy atom. The van der Waals surface area contributed by atoms with E-state index in [1.807, 2.05) is 66.0 Å². The summed E-state index contributed by atoms with van der Waals surface area (Å²) < 4.78 is 110. The third-order valence-electron chi connectivity index (χ3n) is 11.2. The number of halogens is 2. The van der Waals surface area contributed by atoms with Crippen molar-refractivity contribution in [3.63, 3.8) is 0 Å². The fraction of sp³-hybridized carbons (Fsp3) is 0.362. The van der Waals surface area contributed by atoms with Crippen LogP contribution in [0.4, 0.5) is 14.5 Å². The molecule has 4 heterocycles. The number of carbonyl (C=O) groups is 4. The maximum Gasteiger partial charge on any atom is 0.265 e. The van der Waals surface area contributed by atoms with Crippen LogP contribution in [0.1, 0.15) is 87.4 Å². The summed E-state index contributed by atoms with van der Waals surface area (Å²) in [6, 6.07) is 27.3. The molecule has 306 valence electrons. The van der Waals surface area contributed by atoms with Crippen molar-refractivity contribution >= 4 is 40.5 Å². The molecule has 4 aliphatic rings. The fourth-order valence-corrected chi connectivity index (χ4v) is 8.17. The number of anilines is 1. The number of likely N-dealkylation sites (tertiary alicyclic amines) is 1. The summed E-state index contributed by atoms with van der Waals surface area (Å²) in [5.74, 6) is -7.91. The molecule has 10 nitrogen and oxygen atoms in total. The lowest BCUT2D eigenvalue weighted by Gasteiger charge is -2.39. The molecule has 3 saturated heterocycles. The molecule has 8 rings (SSSR count). The summed E-state index contributed by atoms with van der Waals surface area (Å²) in [7, 11) is 0. The Hall–Kier alpha value is -5.72. The molecule has 1 N–H and O–H groups in total. The molecule has 3 fully saturated rings. The van der Waals surface area contributed by atoms with Crippen LogP contribution in [0.15, 0.2) is 91.0 Å². The lowest BCUT2D eigenvalue weighted by atomic mass is 9.88. The maximum absolute atomic E-state index is 16.6. The summed E-state index contributed by atoms with van der Waals surface area (Å²) in [5, 5.41) is 1.97. The minimum absolute atomic E-state index is 0.268. The van der Waals surface area contributed by atoms with E-state index in [9.17, 15) is 19.2 Å². The minimum atomic E-state index is -3.69. The number of piperidine rings is 2. The second-order valence-electron chi connectivity index (χ2n) is 14.9. The molecule has 12 heteroatoms. The second kappa shape index (κ2) is 17.6. The highest BCUT2D eigenvalue weighted by molar-refractivity contribution is 6.24. The van der Waals surface area contributed by atoms with Crippen molar-refractivity contribution < 1.29 is 43.7 Å². The summed E-state index contributed by atoms with van der Waals surface area (Å²) in [4.78, 5) is 53.7. The van der Waals surface area contributed by atoms with E-state index in [2.05, 4.69) is 36.1 Å². The lowest BCUT2D eigenvalue weighted by Crippen LogP contribution is -2.54. The van der Waals surface area contributed by atoms with E-state index >= 15 is 8.78 Å². The van der Waals surface area contributed by atoms with Gasteiger partial charge in [-0.1, -0.05) is 79.7 Å². The van der Waals surface area contributed by atoms with Crippen LogP contribution < -0.4 is 15.0 Å². The first-order chi connectivity index (χ1) is 31.7. The van der Waals surface area contributed by atoms with Gasteiger partial charge in [0.2, 0.25) is 11.8 Å². The average molecular weight is 810 g/mol. The third-order valence-corrected chi connectivity index (χ3v) is 11.2. The average Bonchev–Trinajstić information content (AvgIpc) is 3.54. The summed E-state index contributed by atoms with van der Waals surface area (Å²) >= 11 is 0. The zero-order valence-electron chi connectivity index (χ0n) is 40.5. The highest BCUT2D eigenvalue weighted by Crippen LogP contribution is 2.37. The van der Waals surface area contributed by atoms with Crippen molar-refractivity contribution in [2.24, 2.45) is 5.92 Å². The Balaban J connectivity index is 0.929. The lowest BCUT2D eigenvalue weighted by molar-refractivity contribution is -0.136. The quantitative estimate of drug-likeness (QED) is 0.126. The van der Waals surface area contributed by atoms with Crippen LogP contribution in [0, 0.1) is 17.6 Å². The first kappa shape index (κ1) is 31.2. The highest BCUT2D eigenvalue weighted by Gasteiger charge is 2.47. The van der Waals surface area contributed by atoms with Crippen molar-refractivity contribution in [1.82, 2.24) is 20.0 Å². The van der Waals surface area contributed by atoms with Crippen molar-refractivity contribution in [3.05, 3.63) is 130 Å². The number of fused-ring (bicyclic) bond motifs is 1. The van der Waals surface area contributed by atoms with Gasteiger partial charge in [0.15, 0.2) is 5.82 Å². The number of hydrogen-bond acceptors (Lipinski definition) is 8. The van der Waals surface area contributed by atoms with Gasteiger partial charge in [-0.3, -0.25) is 39.2 Å². The van der Waals surface area contributed by atoms with Gasteiger partial charge in [-0.15, -0.1) is 0 Å². The van der Waals surface area contributed by atoms with Crippen LogP contribution in [0.3, 0.4) is 0 Å². The van der Waals surface area contributed by atoms with Gasteiger partial charge in [0.25, 0.3) is 11.8 Å². The standard InChI is InChI=1S/C47H49F2N5O5/c1-2-36(32-9-5-3-6-10-32)41(33-11-7-4-8-12-33)34-13-15-35(16-14-34)59-28-27-51-21-19-31(20-22-51)30-52-23-25-53(26-24-52)44-38(48)29-37-42(43(44)49)47(58)54(46(37)57)39-17-18-40(55)50-45(39)56/h3-16,29,31,39H,2,17-28,30H2,1H3,(H,50,55,56)/i23D2,24D2,25D2,26D2. The monoisotopic (exact) mass is 809 g/mol. The fourth-order valence-electron chi connectivity index (χ4n) is 8.17. The molecular weight excluding hydrogens is 753 g/mol. The molecule has 0 radical (unpaired) electrons. The Bertz CT molecular complexity index is 2590. The summed E-state index contributed by atoms with van der Waals surface area (Å²) in [6.45, 7) is -10.7. The number of imide groups is 2. The van der Waals surface area contributed by atoms with Crippen LogP contribution in [0.5, 0.6) is 5.75 Å². The van der Waals surface area contributed by atoms with E-state index in [-0.39, 0.29) is 17.7 Å². The smallest absolute Gasteiger partial charge is 0.265 e. The molecule has 0 spiro atoms. The summed E-state index contributed by atoms with van der Waals surface area (Å²) in [6.07, 6.45) is 1.08. The minimum Gasteiger partial charge on any atom is -0.492 e. The number of nitrogens with one attached hydrogen (secondary N) is 1. The van der Waals surface area contributed by atoms with Crippen LogP contribution in [0.25, 0.3) is 11.1 Å². The SMILES string of the molecule is [2H]C1([2H])N(CC2CCN(CCOc3ccc(C(=C(CC)c4ccccc4)c4ccccc4)cc3)CC2)C([2H])([2H])C([2H])([2H])N(c2c(F)cc3c(c2F)C(=O)N(C2CCC(=O)NC2=O)C3=O)C1([2H])[2H]. The van der Waals surface area contributed by atoms with E-state index in [4.69, 9.17) is 15.7 Å². The van der Waals surface area contributed by atoms with Gasteiger partial charge in [-0.05, 0) is 90.7 Å². The molecular formula is C47H49F2N5O5. The number of benzene rings is 4. The van der Waals surface area contributed by atoms with E-state index in [1.54, 1.807) is 0 Å². The van der Waals surface area contributed by atoms with Crippen LogP contribution in [-0.4, -0.2) is 103 Å². The Kier molecular flexibility index (Phi) is 9.34. The first-order valence-electron chi connectivity index (χ1n) is 23.8. The van der Waals surface area contributed by atoms with Gasteiger partial charge < -0.3 is 9.64 Å². The second-order valence-corrected chi connectivity index (χ2v) is 14.9. The van der Waals surface area contributed by atoms with E-state index in [1.165, 1.54) is 5.57 Å². The molecule has 59 heavy (non-hydrogen) atoms. The van der Waals surface area contributed by atoms with Gasteiger partial charge >= 0.3 is 0 Å². The molecule has 4 aromatic carbocycles. The topological polar surface area (TPSA) is 102 Å². The van der Waals surface area contributed by atoms with Gasteiger partial charge in [0.05, 0.1) is 16.6 Å². The van der Waals surface area contributed by atoms with E-state index in [0.29, 0.717) is 60.7 Å². The molecule has 4 aliphatic heterocycles. The Labute approximate surface area is 354 Å².